The van der Waals surface area contributed by atoms with Crippen LogP contribution in [-0.2, 0) is 5.54 Å². The van der Waals surface area contributed by atoms with Gasteiger partial charge in [0.15, 0.2) is 0 Å². The van der Waals surface area contributed by atoms with Crippen LogP contribution in [0.25, 0.3) is 5.52 Å². The SMILES string of the molecule is Cc1ccc2c(C(=O)N[C@@]3(c4ccccc4)CCNC[C@H]3O)cnn2c1. The predicted molar refractivity (Wildman–Crippen MR) is 99.0 cm³/mol. The van der Waals surface area contributed by atoms with Crippen molar-refractivity contribution in [1.29, 1.82) is 0 Å². The monoisotopic (exact) mass is 350 g/mol. The Kier molecular flexibility index (Phi) is 4.22. The number of aliphatic hydroxyl groups is 1. The Morgan fingerprint density at radius 2 is 2.12 bits per heavy atom. The van der Waals surface area contributed by atoms with Crippen LogP contribution in [0.15, 0.2) is 54.9 Å². The molecule has 1 aromatic carbocycles. The number of amides is 1. The van der Waals surface area contributed by atoms with Crippen LogP contribution in [0.5, 0.6) is 0 Å². The summed E-state index contributed by atoms with van der Waals surface area (Å²) in [5.41, 5.74) is 2.42. The van der Waals surface area contributed by atoms with E-state index in [2.05, 4.69) is 15.7 Å². The van der Waals surface area contributed by atoms with Crippen molar-refractivity contribution < 1.29 is 9.90 Å². The smallest absolute Gasteiger partial charge is 0.255 e. The van der Waals surface area contributed by atoms with Crippen molar-refractivity contribution in [3.05, 3.63) is 71.5 Å². The Labute approximate surface area is 151 Å². The van der Waals surface area contributed by atoms with Crippen molar-refractivity contribution in [1.82, 2.24) is 20.2 Å². The summed E-state index contributed by atoms with van der Waals surface area (Å²) in [7, 11) is 0. The number of aryl methyl sites for hydroxylation is 1. The first kappa shape index (κ1) is 16.8. The summed E-state index contributed by atoms with van der Waals surface area (Å²) in [4.78, 5) is 13.1. The molecule has 0 saturated carbocycles. The zero-order chi connectivity index (χ0) is 18.1. The van der Waals surface area contributed by atoms with Crippen LogP contribution in [0.1, 0.15) is 27.9 Å². The quantitative estimate of drug-likeness (QED) is 0.671. The average molecular weight is 350 g/mol. The zero-order valence-electron chi connectivity index (χ0n) is 14.6. The number of nitrogens with zero attached hydrogens (tertiary/aromatic N) is 2. The van der Waals surface area contributed by atoms with Crippen molar-refractivity contribution in [3.63, 3.8) is 0 Å². The molecule has 0 bridgehead atoms. The van der Waals surface area contributed by atoms with Gasteiger partial charge in [0, 0.05) is 12.7 Å². The molecular formula is C20H22N4O2. The van der Waals surface area contributed by atoms with Gasteiger partial charge in [0.1, 0.15) is 0 Å². The Bertz CT molecular complexity index is 937. The standard InChI is InChI=1S/C20H22N4O2/c1-14-7-8-17-16(11-22-24(17)13-14)19(26)23-20(9-10-21-12-18(20)25)15-5-3-2-4-6-15/h2-8,11,13,18,21,25H,9-10,12H2,1H3,(H,23,26)/t18-,20-/m1/s1. The second-order valence-electron chi connectivity index (χ2n) is 6.86. The lowest BCUT2D eigenvalue weighted by Crippen LogP contribution is -2.61. The van der Waals surface area contributed by atoms with Gasteiger partial charge in [0.2, 0.25) is 0 Å². The molecule has 3 N–H and O–H groups in total. The molecule has 6 heteroatoms. The van der Waals surface area contributed by atoms with Crippen molar-refractivity contribution in [2.24, 2.45) is 0 Å². The Morgan fingerprint density at radius 1 is 1.31 bits per heavy atom. The molecule has 0 spiro atoms. The molecule has 4 rings (SSSR count). The molecule has 134 valence electrons. The van der Waals surface area contributed by atoms with E-state index in [0.29, 0.717) is 18.5 Å². The maximum Gasteiger partial charge on any atom is 0.255 e. The van der Waals surface area contributed by atoms with E-state index in [1.807, 2.05) is 55.6 Å². The molecule has 3 heterocycles. The number of pyridine rings is 1. The van der Waals surface area contributed by atoms with Gasteiger partial charge in [0.25, 0.3) is 5.91 Å². The van der Waals surface area contributed by atoms with Gasteiger partial charge in [0.05, 0.1) is 28.9 Å². The van der Waals surface area contributed by atoms with E-state index >= 15 is 0 Å². The molecule has 0 unspecified atom stereocenters. The maximum absolute atomic E-state index is 13.1. The summed E-state index contributed by atoms with van der Waals surface area (Å²) < 4.78 is 1.71. The normalized spacial score (nSPS) is 23.1. The minimum absolute atomic E-state index is 0.228. The van der Waals surface area contributed by atoms with E-state index in [0.717, 1.165) is 23.2 Å². The second-order valence-corrected chi connectivity index (χ2v) is 6.86. The number of hydrogen-bond acceptors (Lipinski definition) is 4. The number of aliphatic hydroxyl groups excluding tert-OH is 1. The van der Waals surface area contributed by atoms with Gasteiger partial charge in [-0.15, -0.1) is 0 Å². The number of carbonyl (C=O) groups excluding carboxylic acids is 1. The molecule has 1 amide bonds. The van der Waals surface area contributed by atoms with Gasteiger partial charge >= 0.3 is 0 Å². The van der Waals surface area contributed by atoms with E-state index < -0.39 is 11.6 Å². The fourth-order valence-electron chi connectivity index (χ4n) is 3.69. The van der Waals surface area contributed by atoms with E-state index in [1.54, 1.807) is 10.7 Å². The number of piperidine rings is 1. The molecular weight excluding hydrogens is 328 g/mol. The Morgan fingerprint density at radius 3 is 2.88 bits per heavy atom. The Hall–Kier alpha value is -2.70. The number of β-amino-alcohol motifs (C(OH)–C–C–N with tert-alkyl or cyclic N) is 1. The van der Waals surface area contributed by atoms with Gasteiger partial charge < -0.3 is 15.7 Å². The Balaban J connectivity index is 1.72. The summed E-state index contributed by atoms with van der Waals surface area (Å²) in [5, 5.41) is 21.4. The van der Waals surface area contributed by atoms with E-state index in [-0.39, 0.29) is 5.91 Å². The van der Waals surface area contributed by atoms with E-state index in [4.69, 9.17) is 0 Å². The minimum Gasteiger partial charge on any atom is -0.389 e. The van der Waals surface area contributed by atoms with E-state index in [1.165, 1.54) is 0 Å². The lowest BCUT2D eigenvalue weighted by Gasteiger charge is -2.42. The number of hydrogen-bond donors (Lipinski definition) is 3. The molecule has 2 atom stereocenters. The number of aromatic nitrogens is 2. The van der Waals surface area contributed by atoms with Gasteiger partial charge in [-0.2, -0.15) is 5.10 Å². The molecule has 0 aliphatic carbocycles. The van der Waals surface area contributed by atoms with Crippen LogP contribution in [0, 0.1) is 6.92 Å². The van der Waals surface area contributed by atoms with Crippen LogP contribution < -0.4 is 10.6 Å². The van der Waals surface area contributed by atoms with Crippen LogP contribution in [-0.4, -0.2) is 39.8 Å². The average Bonchev–Trinajstić information content (AvgIpc) is 3.07. The van der Waals surface area contributed by atoms with Crippen LogP contribution in [0.2, 0.25) is 0 Å². The van der Waals surface area contributed by atoms with Crippen LogP contribution in [0.4, 0.5) is 0 Å². The molecule has 1 aliphatic heterocycles. The highest BCUT2D eigenvalue weighted by Crippen LogP contribution is 2.31. The highest BCUT2D eigenvalue weighted by molar-refractivity contribution is 6.01. The molecule has 3 aromatic rings. The lowest BCUT2D eigenvalue weighted by atomic mass is 9.79. The molecule has 26 heavy (non-hydrogen) atoms. The summed E-state index contributed by atoms with van der Waals surface area (Å²) in [6.07, 6.45) is 3.36. The number of benzene rings is 1. The largest absolute Gasteiger partial charge is 0.389 e. The minimum atomic E-state index is -0.817. The molecule has 1 fully saturated rings. The first-order valence-corrected chi connectivity index (χ1v) is 8.81. The van der Waals surface area contributed by atoms with Crippen LogP contribution >= 0.6 is 0 Å². The predicted octanol–water partition coefficient (Wildman–Crippen LogP) is 1.62. The second kappa shape index (κ2) is 6.55. The number of nitrogens with one attached hydrogen (secondary N) is 2. The van der Waals surface area contributed by atoms with Gasteiger partial charge in [-0.3, -0.25) is 4.79 Å². The first-order valence-electron chi connectivity index (χ1n) is 8.81. The van der Waals surface area contributed by atoms with Gasteiger partial charge in [-0.1, -0.05) is 36.4 Å². The van der Waals surface area contributed by atoms with Crippen molar-refractivity contribution in [3.8, 4) is 0 Å². The third-order valence-corrected chi connectivity index (χ3v) is 5.14. The number of rotatable bonds is 3. The summed E-state index contributed by atoms with van der Waals surface area (Å²) >= 11 is 0. The molecule has 1 aliphatic rings. The lowest BCUT2D eigenvalue weighted by molar-refractivity contribution is 0.0290. The highest BCUT2D eigenvalue weighted by Gasteiger charge is 2.43. The van der Waals surface area contributed by atoms with E-state index in [9.17, 15) is 9.90 Å². The summed E-state index contributed by atoms with van der Waals surface area (Å²) in [6, 6.07) is 13.5. The van der Waals surface area contributed by atoms with Gasteiger partial charge in [-0.25, -0.2) is 4.52 Å². The topological polar surface area (TPSA) is 78.7 Å². The third-order valence-electron chi connectivity index (χ3n) is 5.14. The summed E-state index contributed by atoms with van der Waals surface area (Å²) in [5.74, 6) is -0.228. The first-order chi connectivity index (χ1) is 12.6. The zero-order valence-corrected chi connectivity index (χ0v) is 14.6. The molecule has 0 radical (unpaired) electrons. The fourth-order valence-corrected chi connectivity index (χ4v) is 3.69. The van der Waals surface area contributed by atoms with Gasteiger partial charge in [-0.05, 0) is 37.1 Å². The maximum atomic E-state index is 13.1. The molecule has 2 aromatic heterocycles. The van der Waals surface area contributed by atoms with Crippen molar-refractivity contribution in [2.45, 2.75) is 25.0 Å². The summed E-state index contributed by atoms with van der Waals surface area (Å²) in [6.45, 7) is 3.14. The third kappa shape index (κ3) is 2.77. The molecule has 1 saturated heterocycles. The fraction of sp³-hybridized carbons (Fsp3) is 0.300. The number of carbonyl (C=O) groups is 1. The van der Waals surface area contributed by atoms with Crippen molar-refractivity contribution in [2.75, 3.05) is 13.1 Å². The molecule has 6 nitrogen and oxygen atoms in total. The highest BCUT2D eigenvalue weighted by atomic mass is 16.3. The van der Waals surface area contributed by atoms with Crippen molar-refractivity contribution >= 4 is 11.4 Å². The van der Waals surface area contributed by atoms with Crippen LogP contribution in [0.3, 0.4) is 0 Å². The number of fused-ring (bicyclic) bond motifs is 1.